The molecule has 124 valence electrons. The van der Waals surface area contributed by atoms with E-state index in [1.807, 2.05) is 12.3 Å². The Morgan fingerprint density at radius 1 is 0.783 bits per heavy atom. The molecule has 0 aliphatic carbocycles. The number of unbranched alkanes of at least 4 members (excludes halogenated alkanes) is 1. The number of benzene rings is 1. The molecule has 0 amide bonds. The van der Waals surface area contributed by atoms with Crippen LogP contribution in [0.5, 0.6) is 0 Å². The zero-order chi connectivity index (χ0) is 16.3. The molecule has 1 heterocycles. The monoisotopic (exact) mass is 310 g/mol. The second kappa shape index (κ2) is 10.0. The highest BCUT2D eigenvalue weighted by atomic mass is 15.2. The van der Waals surface area contributed by atoms with Crippen molar-refractivity contribution in [3.05, 3.63) is 59.8 Å². The molecular weight excluding hydrogens is 280 g/mol. The number of hydrogen-bond donors (Lipinski definition) is 0. The second-order valence-electron chi connectivity index (χ2n) is 6.20. The van der Waals surface area contributed by atoms with Crippen LogP contribution < -0.4 is 4.90 Å². The Morgan fingerprint density at radius 3 is 2.09 bits per heavy atom. The van der Waals surface area contributed by atoms with Crippen LogP contribution in [0.1, 0.15) is 50.7 Å². The Bertz CT molecular complexity index is 534. The van der Waals surface area contributed by atoms with E-state index in [4.69, 9.17) is 0 Å². The van der Waals surface area contributed by atoms with Gasteiger partial charge in [0, 0.05) is 19.3 Å². The summed E-state index contributed by atoms with van der Waals surface area (Å²) in [4.78, 5) is 6.94. The number of nitrogens with zero attached hydrogens (tertiary/aromatic N) is 2. The van der Waals surface area contributed by atoms with Crippen molar-refractivity contribution in [3.63, 3.8) is 0 Å². The molecular formula is C21H30N2. The Morgan fingerprint density at radius 2 is 1.48 bits per heavy atom. The number of anilines is 1. The lowest BCUT2D eigenvalue weighted by molar-refractivity contribution is 0.678. The maximum Gasteiger partial charge on any atom is 0.128 e. The van der Waals surface area contributed by atoms with E-state index in [0.717, 1.165) is 25.3 Å². The van der Waals surface area contributed by atoms with Crippen molar-refractivity contribution in [2.75, 3.05) is 18.0 Å². The largest absolute Gasteiger partial charge is 0.357 e. The molecule has 0 radical (unpaired) electrons. The highest BCUT2D eigenvalue weighted by molar-refractivity contribution is 5.37. The second-order valence-corrected chi connectivity index (χ2v) is 6.20. The zero-order valence-electron chi connectivity index (χ0n) is 14.7. The standard InChI is InChI=1S/C21H30N2/c1-3-5-17-23(21-11-6-7-16-22-21)18-8-10-20-14-12-19(9-4-2)13-15-20/h6-7,11-16H,3-5,8-10,17-18H2,1-2H3. The first-order valence-electron chi connectivity index (χ1n) is 9.07. The third kappa shape index (κ3) is 6.05. The van der Waals surface area contributed by atoms with Crippen molar-refractivity contribution < 1.29 is 0 Å². The Hall–Kier alpha value is -1.83. The van der Waals surface area contributed by atoms with Gasteiger partial charge in [-0.1, -0.05) is 57.0 Å². The summed E-state index contributed by atoms with van der Waals surface area (Å²) in [7, 11) is 0. The van der Waals surface area contributed by atoms with Gasteiger partial charge in [-0.3, -0.25) is 0 Å². The van der Waals surface area contributed by atoms with E-state index in [0.29, 0.717) is 0 Å². The van der Waals surface area contributed by atoms with Crippen LogP contribution in [-0.2, 0) is 12.8 Å². The summed E-state index contributed by atoms with van der Waals surface area (Å²) >= 11 is 0. The van der Waals surface area contributed by atoms with Gasteiger partial charge in [0.2, 0.25) is 0 Å². The van der Waals surface area contributed by atoms with Gasteiger partial charge in [-0.2, -0.15) is 0 Å². The Balaban J connectivity index is 1.85. The first kappa shape index (κ1) is 17.5. The number of rotatable bonds is 10. The van der Waals surface area contributed by atoms with Crippen LogP contribution in [0, 0.1) is 0 Å². The minimum absolute atomic E-state index is 1.08. The lowest BCUT2D eigenvalue weighted by atomic mass is 10.0. The summed E-state index contributed by atoms with van der Waals surface area (Å²) in [5, 5.41) is 0. The maximum atomic E-state index is 4.52. The fourth-order valence-electron chi connectivity index (χ4n) is 2.87. The van der Waals surface area contributed by atoms with Crippen LogP contribution in [0.25, 0.3) is 0 Å². The van der Waals surface area contributed by atoms with E-state index in [1.165, 1.54) is 43.2 Å². The summed E-state index contributed by atoms with van der Waals surface area (Å²) in [5.41, 5.74) is 2.90. The van der Waals surface area contributed by atoms with E-state index < -0.39 is 0 Å². The van der Waals surface area contributed by atoms with Crippen molar-refractivity contribution in [1.29, 1.82) is 0 Å². The van der Waals surface area contributed by atoms with Crippen LogP contribution in [0.2, 0.25) is 0 Å². The molecule has 2 nitrogen and oxygen atoms in total. The number of pyridine rings is 1. The molecule has 0 atom stereocenters. The van der Waals surface area contributed by atoms with E-state index in [-0.39, 0.29) is 0 Å². The van der Waals surface area contributed by atoms with E-state index in [2.05, 4.69) is 60.1 Å². The quantitative estimate of drug-likeness (QED) is 0.594. The summed E-state index contributed by atoms with van der Waals surface area (Å²) in [6.07, 6.45) is 9.06. The predicted molar refractivity (Wildman–Crippen MR) is 100 cm³/mol. The zero-order valence-corrected chi connectivity index (χ0v) is 14.7. The molecule has 2 heteroatoms. The van der Waals surface area contributed by atoms with E-state index in [1.54, 1.807) is 0 Å². The average Bonchev–Trinajstić information content (AvgIpc) is 2.60. The lowest BCUT2D eigenvalue weighted by Gasteiger charge is -2.23. The topological polar surface area (TPSA) is 16.1 Å². The molecule has 0 aliphatic heterocycles. The van der Waals surface area contributed by atoms with Gasteiger partial charge in [0.15, 0.2) is 0 Å². The van der Waals surface area contributed by atoms with E-state index >= 15 is 0 Å². The predicted octanol–water partition coefficient (Wildman–Crippen LogP) is 5.27. The molecule has 0 fully saturated rings. The van der Waals surface area contributed by atoms with Crippen molar-refractivity contribution in [1.82, 2.24) is 4.98 Å². The molecule has 0 N–H and O–H groups in total. The lowest BCUT2D eigenvalue weighted by Crippen LogP contribution is -2.26. The molecule has 0 saturated heterocycles. The SMILES string of the molecule is CCCCN(CCCc1ccc(CCC)cc1)c1ccccn1. The smallest absolute Gasteiger partial charge is 0.128 e. The van der Waals surface area contributed by atoms with Crippen molar-refractivity contribution in [2.24, 2.45) is 0 Å². The maximum absolute atomic E-state index is 4.52. The van der Waals surface area contributed by atoms with Crippen molar-refractivity contribution >= 4 is 5.82 Å². The van der Waals surface area contributed by atoms with Crippen molar-refractivity contribution in [3.8, 4) is 0 Å². The molecule has 0 saturated carbocycles. The average molecular weight is 310 g/mol. The minimum Gasteiger partial charge on any atom is -0.357 e. The van der Waals surface area contributed by atoms with Gasteiger partial charge in [0.05, 0.1) is 0 Å². The third-order valence-electron chi connectivity index (χ3n) is 4.21. The molecule has 0 spiro atoms. The molecule has 1 aromatic heterocycles. The number of hydrogen-bond acceptors (Lipinski definition) is 2. The van der Waals surface area contributed by atoms with Gasteiger partial charge in [0.1, 0.15) is 5.82 Å². The van der Waals surface area contributed by atoms with Gasteiger partial charge in [-0.05, 0) is 48.9 Å². The van der Waals surface area contributed by atoms with Gasteiger partial charge < -0.3 is 4.90 Å². The fourth-order valence-corrected chi connectivity index (χ4v) is 2.87. The minimum atomic E-state index is 1.08. The summed E-state index contributed by atoms with van der Waals surface area (Å²) in [5.74, 6) is 1.11. The van der Waals surface area contributed by atoms with Gasteiger partial charge in [-0.15, -0.1) is 0 Å². The molecule has 0 bridgehead atoms. The first-order chi connectivity index (χ1) is 11.3. The van der Waals surface area contributed by atoms with E-state index in [9.17, 15) is 0 Å². The number of aromatic nitrogens is 1. The fraction of sp³-hybridized carbons (Fsp3) is 0.476. The van der Waals surface area contributed by atoms with Crippen molar-refractivity contribution in [2.45, 2.75) is 52.4 Å². The van der Waals surface area contributed by atoms with Crippen LogP contribution in [0.4, 0.5) is 5.82 Å². The summed E-state index contributed by atoms with van der Waals surface area (Å²) < 4.78 is 0. The van der Waals surface area contributed by atoms with Crippen LogP contribution in [-0.4, -0.2) is 18.1 Å². The van der Waals surface area contributed by atoms with Gasteiger partial charge >= 0.3 is 0 Å². The van der Waals surface area contributed by atoms with Gasteiger partial charge in [0.25, 0.3) is 0 Å². The third-order valence-corrected chi connectivity index (χ3v) is 4.21. The highest BCUT2D eigenvalue weighted by Gasteiger charge is 2.06. The highest BCUT2D eigenvalue weighted by Crippen LogP contribution is 2.13. The summed E-state index contributed by atoms with van der Waals surface area (Å²) in [6, 6.07) is 15.3. The molecule has 2 rings (SSSR count). The Labute approximate surface area is 141 Å². The normalized spacial score (nSPS) is 10.7. The van der Waals surface area contributed by atoms with Gasteiger partial charge in [-0.25, -0.2) is 4.98 Å². The van der Waals surface area contributed by atoms with Crippen LogP contribution >= 0.6 is 0 Å². The summed E-state index contributed by atoms with van der Waals surface area (Å²) in [6.45, 7) is 6.65. The molecule has 2 aromatic rings. The molecule has 23 heavy (non-hydrogen) atoms. The first-order valence-corrected chi connectivity index (χ1v) is 9.07. The molecule has 1 aromatic carbocycles. The van der Waals surface area contributed by atoms with Crippen LogP contribution in [0.3, 0.4) is 0 Å². The van der Waals surface area contributed by atoms with Crippen LogP contribution in [0.15, 0.2) is 48.7 Å². The molecule has 0 unspecified atom stereocenters. The number of aryl methyl sites for hydroxylation is 2. The molecule has 0 aliphatic rings. The Kier molecular flexibility index (Phi) is 7.65.